The van der Waals surface area contributed by atoms with E-state index in [2.05, 4.69) is 10.0 Å². The van der Waals surface area contributed by atoms with Gasteiger partial charge in [-0.2, -0.15) is 0 Å². The molecule has 156 valence electrons. The Bertz CT molecular complexity index is 1100. The van der Waals surface area contributed by atoms with Crippen LogP contribution >= 0.6 is 0 Å². The number of ether oxygens (including phenoxy) is 1. The number of anilines is 1. The van der Waals surface area contributed by atoms with Gasteiger partial charge in [0, 0.05) is 11.3 Å². The van der Waals surface area contributed by atoms with E-state index in [0.29, 0.717) is 17.9 Å². The molecule has 0 aliphatic heterocycles. The Hall–Kier alpha value is -3.32. The van der Waals surface area contributed by atoms with Crippen molar-refractivity contribution in [2.24, 2.45) is 0 Å². The Morgan fingerprint density at radius 1 is 0.967 bits per heavy atom. The third-order valence-corrected chi connectivity index (χ3v) is 5.87. The molecule has 0 bridgehead atoms. The average molecular weight is 425 g/mol. The van der Waals surface area contributed by atoms with Crippen LogP contribution in [0.15, 0.2) is 83.8 Å². The summed E-state index contributed by atoms with van der Waals surface area (Å²) in [5.74, 6) is 0.482. The summed E-state index contributed by atoms with van der Waals surface area (Å²) in [5, 5.41) is 2.93. The van der Waals surface area contributed by atoms with Crippen LogP contribution in [0.2, 0.25) is 0 Å². The van der Waals surface area contributed by atoms with Gasteiger partial charge in [0.15, 0.2) is 0 Å². The molecule has 3 aromatic carbocycles. The Morgan fingerprint density at radius 3 is 2.33 bits per heavy atom. The van der Waals surface area contributed by atoms with Crippen molar-refractivity contribution in [2.45, 2.75) is 24.8 Å². The lowest BCUT2D eigenvalue weighted by Crippen LogP contribution is -2.26. The molecule has 0 aliphatic rings. The second-order valence-electron chi connectivity index (χ2n) is 6.70. The molecule has 1 amide bonds. The Balaban J connectivity index is 1.70. The first-order valence-electron chi connectivity index (χ1n) is 9.60. The second kappa shape index (κ2) is 9.45. The van der Waals surface area contributed by atoms with E-state index >= 15 is 0 Å². The summed E-state index contributed by atoms with van der Waals surface area (Å²) in [4.78, 5) is 12.8. The van der Waals surface area contributed by atoms with Crippen LogP contribution in [0, 0.1) is 0 Å². The first-order valence-corrected chi connectivity index (χ1v) is 11.1. The fourth-order valence-corrected chi connectivity index (χ4v) is 3.99. The first-order chi connectivity index (χ1) is 14.4. The Kier molecular flexibility index (Phi) is 6.74. The highest BCUT2D eigenvalue weighted by molar-refractivity contribution is 7.92. The molecule has 6 nitrogen and oxygen atoms in total. The zero-order chi connectivity index (χ0) is 21.6. The van der Waals surface area contributed by atoms with Crippen LogP contribution in [0.4, 0.5) is 5.69 Å². The van der Waals surface area contributed by atoms with E-state index in [1.54, 1.807) is 36.4 Å². The molecule has 1 unspecified atom stereocenters. The topological polar surface area (TPSA) is 84.5 Å². The summed E-state index contributed by atoms with van der Waals surface area (Å²) in [6.07, 6.45) is 0. The lowest BCUT2D eigenvalue weighted by molar-refractivity contribution is 0.0940. The SMILES string of the molecule is CCOc1ccc(C(C)NC(=O)c2cccc(NS(=O)(=O)c3ccccc3)c2)cc1. The molecule has 0 aliphatic carbocycles. The predicted molar refractivity (Wildman–Crippen MR) is 117 cm³/mol. The van der Waals surface area contributed by atoms with E-state index < -0.39 is 10.0 Å². The zero-order valence-corrected chi connectivity index (χ0v) is 17.6. The van der Waals surface area contributed by atoms with Crippen LogP contribution in [0.1, 0.15) is 35.8 Å². The molecule has 0 radical (unpaired) electrons. The minimum absolute atomic E-state index is 0.156. The van der Waals surface area contributed by atoms with Crippen molar-refractivity contribution in [1.82, 2.24) is 5.32 Å². The summed E-state index contributed by atoms with van der Waals surface area (Å²) in [7, 11) is -3.72. The average Bonchev–Trinajstić information content (AvgIpc) is 2.75. The summed E-state index contributed by atoms with van der Waals surface area (Å²) >= 11 is 0. The number of rotatable bonds is 8. The van der Waals surface area contributed by atoms with Gasteiger partial charge in [-0.25, -0.2) is 8.42 Å². The summed E-state index contributed by atoms with van der Waals surface area (Å²) in [5.41, 5.74) is 1.62. The standard InChI is InChI=1S/C23H24N2O4S/c1-3-29-21-14-12-18(13-15-21)17(2)24-23(26)19-8-7-9-20(16-19)25-30(27,28)22-10-5-4-6-11-22/h4-17,25H,3H2,1-2H3,(H,24,26). The molecule has 0 aromatic heterocycles. The molecule has 1 atom stereocenters. The van der Waals surface area contributed by atoms with Gasteiger partial charge in [-0.1, -0.05) is 36.4 Å². The molecule has 2 N–H and O–H groups in total. The molecule has 3 rings (SSSR count). The maximum atomic E-state index is 12.7. The van der Waals surface area contributed by atoms with Crippen molar-refractivity contribution in [3.63, 3.8) is 0 Å². The van der Waals surface area contributed by atoms with Crippen molar-refractivity contribution >= 4 is 21.6 Å². The highest BCUT2D eigenvalue weighted by atomic mass is 32.2. The smallest absolute Gasteiger partial charge is 0.261 e. The summed E-state index contributed by atoms with van der Waals surface area (Å²) in [6, 6.07) is 21.8. The Labute approximate surface area is 177 Å². The molecule has 3 aromatic rings. The van der Waals surface area contributed by atoms with Crippen LogP contribution in [0.5, 0.6) is 5.75 Å². The number of carbonyl (C=O) groups excluding carboxylic acids is 1. The van der Waals surface area contributed by atoms with Crippen LogP contribution in [0.25, 0.3) is 0 Å². The van der Waals surface area contributed by atoms with Gasteiger partial charge in [0.05, 0.1) is 17.5 Å². The van der Waals surface area contributed by atoms with Gasteiger partial charge < -0.3 is 10.1 Å². The minimum atomic E-state index is -3.72. The van der Waals surface area contributed by atoms with E-state index in [4.69, 9.17) is 4.74 Å². The Morgan fingerprint density at radius 2 is 1.67 bits per heavy atom. The minimum Gasteiger partial charge on any atom is -0.494 e. The van der Waals surface area contributed by atoms with Gasteiger partial charge in [-0.15, -0.1) is 0 Å². The second-order valence-corrected chi connectivity index (χ2v) is 8.38. The van der Waals surface area contributed by atoms with Crippen LogP contribution in [-0.4, -0.2) is 20.9 Å². The van der Waals surface area contributed by atoms with E-state index in [1.807, 2.05) is 38.1 Å². The largest absolute Gasteiger partial charge is 0.494 e. The van der Waals surface area contributed by atoms with Gasteiger partial charge in [0.25, 0.3) is 15.9 Å². The summed E-state index contributed by atoms with van der Waals surface area (Å²) < 4.78 is 32.9. The number of carbonyl (C=O) groups is 1. The van der Waals surface area contributed by atoms with Gasteiger partial charge in [-0.3, -0.25) is 9.52 Å². The fourth-order valence-electron chi connectivity index (χ4n) is 2.92. The van der Waals surface area contributed by atoms with Crippen molar-refractivity contribution < 1.29 is 17.9 Å². The number of benzene rings is 3. The normalized spacial score (nSPS) is 12.1. The quantitative estimate of drug-likeness (QED) is 0.562. The van der Waals surface area contributed by atoms with Gasteiger partial charge in [0.1, 0.15) is 5.75 Å². The van der Waals surface area contributed by atoms with Crippen molar-refractivity contribution in [1.29, 1.82) is 0 Å². The lowest BCUT2D eigenvalue weighted by atomic mass is 10.1. The number of nitrogens with one attached hydrogen (secondary N) is 2. The number of hydrogen-bond donors (Lipinski definition) is 2. The maximum absolute atomic E-state index is 12.7. The molecule has 30 heavy (non-hydrogen) atoms. The molecular weight excluding hydrogens is 400 g/mol. The van der Waals surface area contributed by atoms with Crippen molar-refractivity contribution in [2.75, 3.05) is 11.3 Å². The third kappa shape index (κ3) is 5.39. The molecule has 7 heteroatoms. The van der Waals surface area contributed by atoms with Gasteiger partial charge >= 0.3 is 0 Å². The van der Waals surface area contributed by atoms with Gasteiger partial charge in [-0.05, 0) is 61.9 Å². The highest BCUT2D eigenvalue weighted by Gasteiger charge is 2.16. The predicted octanol–water partition coefficient (Wildman–Crippen LogP) is 4.38. The number of sulfonamides is 1. The zero-order valence-electron chi connectivity index (χ0n) is 16.8. The molecule has 0 saturated carbocycles. The molecule has 0 saturated heterocycles. The van der Waals surface area contributed by atoms with E-state index in [1.165, 1.54) is 18.2 Å². The van der Waals surface area contributed by atoms with Crippen LogP contribution in [-0.2, 0) is 10.0 Å². The van der Waals surface area contributed by atoms with Crippen molar-refractivity contribution in [3.05, 3.63) is 90.0 Å². The van der Waals surface area contributed by atoms with Crippen LogP contribution in [0.3, 0.4) is 0 Å². The number of amides is 1. The first kappa shape index (κ1) is 21.4. The maximum Gasteiger partial charge on any atom is 0.261 e. The lowest BCUT2D eigenvalue weighted by Gasteiger charge is -2.16. The molecule has 0 spiro atoms. The number of hydrogen-bond acceptors (Lipinski definition) is 4. The highest BCUT2D eigenvalue weighted by Crippen LogP contribution is 2.20. The monoisotopic (exact) mass is 424 g/mol. The van der Waals surface area contributed by atoms with Gasteiger partial charge in [0.2, 0.25) is 0 Å². The fraction of sp³-hybridized carbons (Fsp3) is 0.174. The van der Waals surface area contributed by atoms with E-state index in [9.17, 15) is 13.2 Å². The molecule has 0 heterocycles. The molecule has 0 fully saturated rings. The third-order valence-electron chi connectivity index (χ3n) is 4.47. The van der Waals surface area contributed by atoms with Crippen molar-refractivity contribution in [3.8, 4) is 5.75 Å². The van der Waals surface area contributed by atoms with Crippen LogP contribution < -0.4 is 14.8 Å². The van der Waals surface area contributed by atoms with E-state index in [0.717, 1.165) is 11.3 Å². The summed E-state index contributed by atoms with van der Waals surface area (Å²) in [6.45, 7) is 4.40. The van der Waals surface area contributed by atoms with E-state index in [-0.39, 0.29) is 16.8 Å². The molecular formula is C23H24N2O4S.